The van der Waals surface area contributed by atoms with Crippen LogP contribution in [0.3, 0.4) is 0 Å². The molecule has 0 fully saturated rings. The molecule has 19 heavy (non-hydrogen) atoms. The maximum absolute atomic E-state index is 11.8. The van der Waals surface area contributed by atoms with Crippen LogP contribution in [0.15, 0.2) is 60.9 Å². The summed E-state index contributed by atoms with van der Waals surface area (Å²) in [7, 11) is 0. The zero-order chi connectivity index (χ0) is 14.8. The Morgan fingerprint density at radius 2 is 1.79 bits per heavy atom. The summed E-state index contributed by atoms with van der Waals surface area (Å²) < 4.78 is 0. The molecule has 0 rings (SSSR count). The number of hydrogen-bond donors (Lipinski definition) is 0. The monoisotopic (exact) mass is 256 g/mol. The summed E-state index contributed by atoms with van der Waals surface area (Å²) >= 11 is 0. The molecule has 3 heteroatoms. The van der Waals surface area contributed by atoms with Crippen molar-refractivity contribution < 1.29 is 4.79 Å². The molecular formula is C16H20N2O. The first kappa shape index (κ1) is 16.7. The van der Waals surface area contributed by atoms with Crippen molar-refractivity contribution in [1.82, 2.24) is 4.90 Å². The highest BCUT2D eigenvalue weighted by atomic mass is 16.1. The normalized spacial score (nSPS) is 11.4. The maximum Gasteiger partial charge on any atom is 0.198 e. The van der Waals surface area contributed by atoms with E-state index in [4.69, 9.17) is 5.26 Å². The van der Waals surface area contributed by atoms with Gasteiger partial charge in [0.05, 0.1) is 0 Å². The molecule has 0 saturated heterocycles. The van der Waals surface area contributed by atoms with Gasteiger partial charge in [0, 0.05) is 13.1 Å². The van der Waals surface area contributed by atoms with Crippen LogP contribution in [0.4, 0.5) is 0 Å². The first-order valence-electron chi connectivity index (χ1n) is 5.93. The minimum atomic E-state index is -0.316. The Morgan fingerprint density at radius 1 is 1.26 bits per heavy atom. The number of nitriles is 1. The highest BCUT2D eigenvalue weighted by molar-refractivity contribution is 6.10. The van der Waals surface area contributed by atoms with Gasteiger partial charge in [0.2, 0.25) is 0 Å². The summed E-state index contributed by atoms with van der Waals surface area (Å²) in [4.78, 5) is 13.7. The van der Waals surface area contributed by atoms with Gasteiger partial charge >= 0.3 is 0 Å². The molecule has 0 spiro atoms. The van der Waals surface area contributed by atoms with Crippen LogP contribution in [0.1, 0.15) is 13.8 Å². The predicted octanol–water partition coefficient (Wildman–Crippen LogP) is 3.16. The van der Waals surface area contributed by atoms with Crippen LogP contribution in [0.2, 0.25) is 0 Å². The van der Waals surface area contributed by atoms with Crippen LogP contribution in [0.25, 0.3) is 0 Å². The van der Waals surface area contributed by atoms with E-state index in [-0.39, 0.29) is 11.4 Å². The standard InChI is InChI=1S/C16H20N2O/c1-6-9-18(10-7-2)11-8-14(5)15(12-17)16(19)13(3)4/h6-8,11H,1-3,9-10H2,4-5H3/b11-8+,15-14-. The first-order chi connectivity index (χ1) is 8.97. The Bertz CT molecular complexity index is 465. The third-order valence-electron chi connectivity index (χ3n) is 2.38. The topological polar surface area (TPSA) is 44.1 Å². The molecule has 0 aromatic heterocycles. The fraction of sp³-hybridized carbons (Fsp3) is 0.250. The van der Waals surface area contributed by atoms with Gasteiger partial charge in [-0.2, -0.15) is 5.26 Å². The quantitative estimate of drug-likeness (QED) is 0.290. The van der Waals surface area contributed by atoms with Crippen LogP contribution in [-0.2, 0) is 4.79 Å². The zero-order valence-electron chi connectivity index (χ0n) is 11.6. The predicted molar refractivity (Wildman–Crippen MR) is 79.2 cm³/mol. The number of Topliss-reactive ketones (excluding diaryl/α,β-unsaturated/α-hetero) is 1. The van der Waals surface area contributed by atoms with Crippen molar-refractivity contribution in [3.63, 3.8) is 0 Å². The molecule has 0 amide bonds. The van der Waals surface area contributed by atoms with Crippen LogP contribution < -0.4 is 0 Å². The molecule has 0 aliphatic carbocycles. The molecule has 0 aliphatic rings. The molecule has 0 atom stereocenters. The van der Waals surface area contributed by atoms with Gasteiger partial charge in [-0.3, -0.25) is 4.79 Å². The van der Waals surface area contributed by atoms with E-state index in [1.807, 2.05) is 17.2 Å². The molecule has 0 aromatic carbocycles. The Kier molecular flexibility index (Phi) is 7.64. The van der Waals surface area contributed by atoms with Crippen molar-refractivity contribution in [2.24, 2.45) is 0 Å². The number of allylic oxidation sites excluding steroid dienone is 4. The molecule has 0 heterocycles. The van der Waals surface area contributed by atoms with Crippen LogP contribution >= 0.6 is 0 Å². The number of carbonyl (C=O) groups is 1. The second kappa shape index (κ2) is 8.71. The molecule has 0 saturated carbocycles. The van der Waals surface area contributed by atoms with Gasteiger partial charge < -0.3 is 4.90 Å². The molecule has 0 unspecified atom stereocenters. The summed E-state index contributed by atoms with van der Waals surface area (Å²) in [6.07, 6.45) is 7.11. The smallest absolute Gasteiger partial charge is 0.198 e. The van der Waals surface area contributed by atoms with E-state index >= 15 is 0 Å². The van der Waals surface area contributed by atoms with Gasteiger partial charge in [0.1, 0.15) is 11.6 Å². The highest BCUT2D eigenvalue weighted by Crippen LogP contribution is 2.11. The molecule has 0 bridgehead atoms. The lowest BCUT2D eigenvalue weighted by molar-refractivity contribution is -0.111. The molecule has 0 aromatic rings. The molecule has 0 radical (unpaired) electrons. The summed E-state index contributed by atoms with van der Waals surface area (Å²) in [5, 5.41) is 9.04. The van der Waals surface area contributed by atoms with E-state index in [9.17, 15) is 4.79 Å². The number of rotatable bonds is 8. The van der Waals surface area contributed by atoms with Gasteiger partial charge in [-0.05, 0) is 37.3 Å². The van der Waals surface area contributed by atoms with E-state index in [0.29, 0.717) is 24.2 Å². The van der Waals surface area contributed by atoms with Crippen LogP contribution in [0, 0.1) is 11.3 Å². The molecule has 0 N–H and O–H groups in total. The Hall–Kier alpha value is -2.34. The lowest BCUT2D eigenvalue weighted by Crippen LogP contribution is -2.16. The molecular weight excluding hydrogens is 236 g/mol. The summed E-state index contributed by atoms with van der Waals surface area (Å²) in [6.45, 7) is 15.6. The maximum atomic E-state index is 11.8. The number of ketones is 1. The van der Waals surface area contributed by atoms with Crippen molar-refractivity contribution in [2.45, 2.75) is 13.8 Å². The summed E-state index contributed by atoms with van der Waals surface area (Å²) in [5.74, 6) is -0.316. The van der Waals surface area contributed by atoms with Crippen molar-refractivity contribution in [2.75, 3.05) is 13.1 Å². The van der Waals surface area contributed by atoms with Gasteiger partial charge in [0.25, 0.3) is 0 Å². The van der Waals surface area contributed by atoms with Gasteiger partial charge in [0.15, 0.2) is 5.78 Å². The van der Waals surface area contributed by atoms with E-state index in [2.05, 4.69) is 19.7 Å². The largest absolute Gasteiger partial charge is 0.370 e. The fourth-order valence-electron chi connectivity index (χ4n) is 1.36. The first-order valence-corrected chi connectivity index (χ1v) is 5.93. The van der Waals surface area contributed by atoms with Crippen molar-refractivity contribution in [3.05, 3.63) is 60.9 Å². The van der Waals surface area contributed by atoms with Crippen LogP contribution in [0.5, 0.6) is 0 Å². The Morgan fingerprint density at radius 3 is 2.16 bits per heavy atom. The van der Waals surface area contributed by atoms with Crippen molar-refractivity contribution in [1.29, 1.82) is 5.26 Å². The summed E-state index contributed by atoms with van der Waals surface area (Å²) in [6, 6.07) is 1.93. The molecule has 100 valence electrons. The molecule has 3 nitrogen and oxygen atoms in total. The SMILES string of the molecule is C=CCN(/C=C/C(C)=C(/C#N)C(=O)C(=C)C)CC=C. The average molecular weight is 256 g/mol. The van der Waals surface area contributed by atoms with Gasteiger partial charge in [-0.25, -0.2) is 0 Å². The second-order valence-electron chi connectivity index (χ2n) is 4.13. The van der Waals surface area contributed by atoms with Gasteiger partial charge in [-0.15, -0.1) is 13.2 Å². The number of carbonyl (C=O) groups excluding carboxylic acids is 1. The second-order valence-corrected chi connectivity index (χ2v) is 4.13. The van der Waals surface area contributed by atoms with E-state index in [1.165, 1.54) is 0 Å². The third kappa shape index (κ3) is 5.69. The number of nitrogens with zero attached hydrogens (tertiary/aromatic N) is 2. The van der Waals surface area contributed by atoms with Crippen LogP contribution in [-0.4, -0.2) is 23.8 Å². The Balaban J connectivity index is 5.16. The third-order valence-corrected chi connectivity index (χ3v) is 2.38. The summed E-state index contributed by atoms with van der Waals surface area (Å²) in [5.41, 5.74) is 1.10. The average Bonchev–Trinajstić information content (AvgIpc) is 2.37. The molecule has 0 aliphatic heterocycles. The Labute approximate surface area is 115 Å². The van der Waals surface area contributed by atoms with E-state index in [0.717, 1.165) is 0 Å². The van der Waals surface area contributed by atoms with E-state index < -0.39 is 0 Å². The van der Waals surface area contributed by atoms with E-state index in [1.54, 1.807) is 32.1 Å². The highest BCUT2D eigenvalue weighted by Gasteiger charge is 2.11. The minimum Gasteiger partial charge on any atom is -0.370 e. The lowest BCUT2D eigenvalue weighted by Gasteiger charge is -2.15. The number of hydrogen-bond acceptors (Lipinski definition) is 3. The minimum absolute atomic E-state index is 0.126. The van der Waals surface area contributed by atoms with Crippen molar-refractivity contribution in [3.8, 4) is 6.07 Å². The lowest BCUT2D eigenvalue weighted by atomic mass is 10.0. The van der Waals surface area contributed by atoms with Crippen molar-refractivity contribution >= 4 is 5.78 Å². The zero-order valence-corrected chi connectivity index (χ0v) is 11.6. The fourth-order valence-corrected chi connectivity index (χ4v) is 1.36. The van der Waals surface area contributed by atoms with Gasteiger partial charge in [-0.1, -0.05) is 18.7 Å².